The van der Waals surface area contributed by atoms with Gasteiger partial charge in [-0.15, -0.1) is 0 Å². The van der Waals surface area contributed by atoms with Crippen LogP contribution in [0.1, 0.15) is 28.0 Å². The van der Waals surface area contributed by atoms with E-state index in [-0.39, 0.29) is 29.5 Å². The first-order chi connectivity index (χ1) is 12.0. The zero-order chi connectivity index (χ0) is 17.8. The average Bonchev–Trinajstić information content (AvgIpc) is 3.04. The first kappa shape index (κ1) is 16.2. The lowest BCUT2D eigenvalue weighted by Gasteiger charge is -2.10. The predicted octanol–water partition coefficient (Wildman–Crippen LogP) is 2.02. The monoisotopic (exact) mass is 335 g/mol. The van der Waals surface area contributed by atoms with Crippen molar-refractivity contribution in [1.29, 1.82) is 0 Å². The fourth-order valence-electron chi connectivity index (χ4n) is 2.09. The highest BCUT2D eigenvalue weighted by atomic mass is 16.5. The van der Waals surface area contributed by atoms with Gasteiger partial charge in [0.15, 0.2) is 5.78 Å². The van der Waals surface area contributed by atoms with Crippen molar-refractivity contribution in [1.82, 2.24) is 15.4 Å². The fraction of sp³-hybridized carbons (Fsp3) is 0.111. The van der Waals surface area contributed by atoms with Gasteiger partial charge >= 0.3 is 5.97 Å². The molecule has 0 unspecified atom stereocenters. The lowest BCUT2D eigenvalue weighted by atomic mass is 10.0. The molecule has 1 aliphatic rings. The summed E-state index contributed by atoms with van der Waals surface area (Å²) in [6.45, 7) is 1.99. The zero-order valence-corrected chi connectivity index (χ0v) is 13.2. The molecule has 1 aromatic heterocycles. The number of ketones is 1. The molecule has 1 heterocycles. The smallest absolute Gasteiger partial charge is 0.359 e. The lowest BCUT2D eigenvalue weighted by Crippen LogP contribution is -2.11. The molecule has 0 saturated carbocycles. The number of carbonyl (C=O) groups excluding carboxylic acids is 1. The number of aryl methyl sites for hydroxylation is 1. The normalized spacial score (nSPS) is 13.4. The number of ether oxygens (including phenoxy) is 1. The largest absolute Gasteiger partial charge is 0.476 e. The summed E-state index contributed by atoms with van der Waals surface area (Å²) < 4.78 is 5.34. The number of carboxylic acids is 1. The number of hydrogen-bond donors (Lipinski definition) is 2. The molecule has 25 heavy (non-hydrogen) atoms. The van der Waals surface area contributed by atoms with E-state index in [0.717, 1.165) is 11.1 Å². The Balaban J connectivity index is 1.76. The van der Waals surface area contributed by atoms with Crippen molar-refractivity contribution >= 4 is 11.8 Å². The van der Waals surface area contributed by atoms with Crippen LogP contribution in [0.5, 0.6) is 5.88 Å². The summed E-state index contributed by atoms with van der Waals surface area (Å²) in [7, 11) is 0. The Kier molecular flexibility index (Phi) is 4.44. The number of carbonyl (C=O) groups is 2. The van der Waals surface area contributed by atoms with Crippen LogP contribution in [0.25, 0.3) is 0 Å². The van der Waals surface area contributed by atoms with Crippen molar-refractivity contribution < 1.29 is 19.4 Å². The molecule has 0 amide bonds. The van der Waals surface area contributed by atoms with E-state index >= 15 is 0 Å². The number of aromatic carboxylic acids is 1. The highest BCUT2D eigenvalue weighted by Gasteiger charge is 2.21. The van der Waals surface area contributed by atoms with Gasteiger partial charge in [0.2, 0.25) is 5.69 Å². The Morgan fingerprint density at radius 2 is 2.00 bits per heavy atom. The van der Waals surface area contributed by atoms with Crippen LogP contribution in [0.2, 0.25) is 0 Å². The topological polar surface area (TPSA) is 105 Å². The number of aromatic nitrogens is 3. The maximum atomic E-state index is 12.2. The van der Waals surface area contributed by atoms with Gasteiger partial charge in [-0.1, -0.05) is 39.8 Å². The van der Waals surface area contributed by atoms with E-state index in [0.29, 0.717) is 5.57 Å². The Bertz CT molecular complexity index is 956. The van der Waals surface area contributed by atoms with Gasteiger partial charge in [-0.25, -0.2) is 9.89 Å². The number of H-pyrrole nitrogens is 1. The molecule has 7 heteroatoms. The van der Waals surface area contributed by atoms with Crippen molar-refractivity contribution in [3.63, 3.8) is 0 Å². The Labute approximate surface area is 143 Å². The Morgan fingerprint density at radius 3 is 2.68 bits per heavy atom. The Morgan fingerprint density at radius 1 is 1.24 bits per heavy atom. The van der Waals surface area contributed by atoms with Crippen LogP contribution in [0.4, 0.5) is 0 Å². The summed E-state index contributed by atoms with van der Waals surface area (Å²) in [5, 5.41) is 18.1. The molecule has 0 bridgehead atoms. The SMILES string of the molecule is Cc1ccc(C#CC2=CC=C(Oc3nn[nH]c3C(=O)O)CC2=O)cc1. The van der Waals surface area contributed by atoms with Crippen LogP contribution in [-0.4, -0.2) is 32.3 Å². The molecule has 0 saturated heterocycles. The van der Waals surface area contributed by atoms with E-state index in [9.17, 15) is 9.59 Å². The Hall–Kier alpha value is -3.66. The molecule has 0 aliphatic heterocycles. The number of carboxylic acid groups (broad SMARTS) is 1. The number of benzene rings is 1. The van der Waals surface area contributed by atoms with E-state index in [1.54, 1.807) is 12.2 Å². The number of allylic oxidation sites excluding steroid dienone is 4. The molecule has 1 aliphatic carbocycles. The molecule has 0 atom stereocenters. The van der Waals surface area contributed by atoms with Gasteiger partial charge in [0.1, 0.15) is 5.76 Å². The number of nitrogens with zero attached hydrogens (tertiary/aromatic N) is 2. The van der Waals surface area contributed by atoms with E-state index in [2.05, 4.69) is 27.3 Å². The summed E-state index contributed by atoms with van der Waals surface area (Å²) >= 11 is 0. The van der Waals surface area contributed by atoms with Crippen molar-refractivity contribution in [3.8, 4) is 17.7 Å². The van der Waals surface area contributed by atoms with E-state index in [1.165, 1.54) is 0 Å². The molecule has 2 N–H and O–H groups in total. The molecule has 0 radical (unpaired) electrons. The van der Waals surface area contributed by atoms with Crippen molar-refractivity contribution in [2.45, 2.75) is 13.3 Å². The minimum Gasteiger partial charge on any atom is -0.476 e. The van der Waals surface area contributed by atoms with Crippen LogP contribution in [-0.2, 0) is 4.79 Å². The third-order valence-electron chi connectivity index (χ3n) is 3.42. The molecule has 2 aromatic rings. The molecular formula is C18H13N3O4. The van der Waals surface area contributed by atoms with Crippen LogP contribution in [0, 0.1) is 18.8 Å². The zero-order valence-electron chi connectivity index (χ0n) is 13.2. The van der Waals surface area contributed by atoms with Gasteiger partial charge in [0.25, 0.3) is 5.88 Å². The standard InChI is InChI=1S/C18H13N3O4/c1-11-2-4-12(5-3-11)6-7-13-8-9-14(10-15(13)22)25-17-16(18(23)24)19-21-20-17/h2-5,8-9H,10H2,1H3,(H,23,24)(H,19,20,21). The molecular weight excluding hydrogens is 322 g/mol. The van der Waals surface area contributed by atoms with Crippen molar-refractivity contribution in [2.75, 3.05) is 0 Å². The number of hydrogen-bond acceptors (Lipinski definition) is 5. The van der Waals surface area contributed by atoms with Gasteiger partial charge in [-0.05, 0) is 31.2 Å². The highest BCUT2D eigenvalue weighted by molar-refractivity contribution is 6.02. The quantitative estimate of drug-likeness (QED) is 0.832. The number of aromatic amines is 1. The van der Waals surface area contributed by atoms with Crippen LogP contribution in [0.3, 0.4) is 0 Å². The molecule has 1 aromatic carbocycles. The van der Waals surface area contributed by atoms with E-state index in [1.807, 2.05) is 31.2 Å². The minimum absolute atomic E-state index is 0.0275. The lowest BCUT2D eigenvalue weighted by molar-refractivity contribution is -0.115. The highest BCUT2D eigenvalue weighted by Crippen LogP contribution is 2.20. The second kappa shape index (κ2) is 6.84. The molecule has 0 fully saturated rings. The summed E-state index contributed by atoms with van der Waals surface area (Å²) in [6.07, 6.45) is 3.09. The first-order valence-electron chi connectivity index (χ1n) is 7.38. The van der Waals surface area contributed by atoms with E-state index < -0.39 is 5.97 Å². The van der Waals surface area contributed by atoms with Crippen molar-refractivity contribution in [3.05, 3.63) is 64.6 Å². The van der Waals surface area contributed by atoms with Gasteiger partial charge in [0.05, 0.1) is 12.0 Å². The number of nitrogens with one attached hydrogen (secondary N) is 1. The first-order valence-corrected chi connectivity index (χ1v) is 7.38. The van der Waals surface area contributed by atoms with Crippen LogP contribution >= 0.6 is 0 Å². The van der Waals surface area contributed by atoms with Gasteiger partial charge in [-0.3, -0.25) is 4.79 Å². The molecule has 7 nitrogen and oxygen atoms in total. The van der Waals surface area contributed by atoms with Crippen molar-refractivity contribution in [2.24, 2.45) is 0 Å². The maximum absolute atomic E-state index is 12.2. The van der Waals surface area contributed by atoms with Crippen LogP contribution in [0.15, 0.2) is 47.7 Å². The summed E-state index contributed by atoms with van der Waals surface area (Å²) in [4.78, 5) is 23.1. The second-order valence-electron chi connectivity index (χ2n) is 5.33. The van der Waals surface area contributed by atoms with Gasteiger partial charge in [0, 0.05) is 5.56 Å². The van der Waals surface area contributed by atoms with Crippen LogP contribution < -0.4 is 4.74 Å². The third kappa shape index (κ3) is 3.82. The predicted molar refractivity (Wildman–Crippen MR) is 87.8 cm³/mol. The summed E-state index contributed by atoms with van der Waals surface area (Å²) in [5.74, 6) is 4.43. The van der Waals surface area contributed by atoms with Gasteiger partial charge in [-0.2, -0.15) is 0 Å². The molecule has 3 rings (SSSR count). The number of rotatable bonds is 3. The number of Topliss-reactive ketones (excluding diaryl/α,β-unsaturated/α-hetero) is 1. The third-order valence-corrected chi connectivity index (χ3v) is 3.42. The minimum atomic E-state index is -1.25. The maximum Gasteiger partial charge on any atom is 0.359 e. The summed E-state index contributed by atoms with van der Waals surface area (Å²) in [6, 6.07) is 7.67. The van der Waals surface area contributed by atoms with Gasteiger partial charge < -0.3 is 9.84 Å². The summed E-state index contributed by atoms with van der Waals surface area (Å²) in [5.41, 5.74) is 2.05. The molecule has 0 spiro atoms. The fourth-order valence-corrected chi connectivity index (χ4v) is 2.09. The second-order valence-corrected chi connectivity index (χ2v) is 5.33. The molecule has 124 valence electrons. The van der Waals surface area contributed by atoms with E-state index in [4.69, 9.17) is 9.84 Å². The average molecular weight is 335 g/mol.